The van der Waals surface area contributed by atoms with Crippen LogP contribution in [0, 0.1) is 5.92 Å². The third-order valence-electron chi connectivity index (χ3n) is 3.98. The van der Waals surface area contributed by atoms with Crippen LogP contribution in [0.15, 0.2) is 4.52 Å². The van der Waals surface area contributed by atoms with E-state index < -0.39 is 0 Å². The molecule has 2 atom stereocenters. The summed E-state index contributed by atoms with van der Waals surface area (Å²) in [6, 6.07) is -0.221. The zero-order valence-corrected chi connectivity index (χ0v) is 13.6. The number of hydrogen-bond acceptors (Lipinski definition) is 5. The van der Waals surface area contributed by atoms with Crippen LogP contribution in [0.3, 0.4) is 0 Å². The van der Waals surface area contributed by atoms with Gasteiger partial charge in [0.2, 0.25) is 5.89 Å². The summed E-state index contributed by atoms with van der Waals surface area (Å²) in [5, 5.41) is 18.9. The molecule has 0 bridgehead atoms. The highest BCUT2D eigenvalue weighted by Crippen LogP contribution is 2.23. The van der Waals surface area contributed by atoms with Gasteiger partial charge in [-0.15, -0.1) is 0 Å². The number of aliphatic hydroxyl groups is 1. The number of hydrogen-bond donors (Lipinski definition) is 3. The van der Waals surface area contributed by atoms with Crippen LogP contribution < -0.4 is 10.6 Å². The molecule has 124 valence electrons. The molecular formula is C15H26N4O3. The molecule has 3 N–H and O–H groups in total. The Hall–Kier alpha value is -1.63. The molecule has 1 saturated carbocycles. The number of carbonyl (C=O) groups is 1. The summed E-state index contributed by atoms with van der Waals surface area (Å²) in [5.41, 5.74) is -0.204. The van der Waals surface area contributed by atoms with E-state index in [-0.39, 0.29) is 36.6 Å². The Morgan fingerprint density at radius 1 is 1.36 bits per heavy atom. The Balaban J connectivity index is 1.81. The van der Waals surface area contributed by atoms with E-state index >= 15 is 0 Å². The highest BCUT2D eigenvalue weighted by Gasteiger charge is 2.26. The minimum Gasteiger partial charge on any atom is -0.396 e. The lowest BCUT2D eigenvalue weighted by Crippen LogP contribution is -2.47. The lowest BCUT2D eigenvalue weighted by atomic mass is 9.85. The topological polar surface area (TPSA) is 100 Å². The number of amides is 2. The van der Waals surface area contributed by atoms with Gasteiger partial charge in [-0.2, -0.15) is 4.98 Å². The molecule has 0 aliphatic heterocycles. The average Bonchev–Trinajstić information content (AvgIpc) is 2.95. The van der Waals surface area contributed by atoms with E-state index in [4.69, 9.17) is 4.52 Å². The maximum absolute atomic E-state index is 12.0. The second-order valence-corrected chi connectivity index (χ2v) is 6.93. The molecule has 0 spiro atoms. The van der Waals surface area contributed by atoms with Crippen LogP contribution in [0.1, 0.15) is 58.2 Å². The molecular weight excluding hydrogens is 284 g/mol. The van der Waals surface area contributed by atoms with Crippen LogP contribution in [0.4, 0.5) is 4.79 Å². The van der Waals surface area contributed by atoms with Crippen molar-refractivity contribution >= 4 is 6.03 Å². The standard InChI is InChI=1S/C15H26N4O3/c1-15(2,3)13-18-12(19-22-13)8-16-14(21)17-11-7-5-4-6-10(11)9-20/h10-11,20H,4-9H2,1-3H3,(H2,16,17,21). The van der Waals surface area contributed by atoms with Crippen LogP contribution in [0.5, 0.6) is 0 Å². The summed E-state index contributed by atoms with van der Waals surface area (Å²) in [7, 11) is 0. The van der Waals surface area contributed by atoms with Crippen molar-refractivity contribution in [3.63, 3.8) is 0 Å². The number of urea groups is 1. The van der Waals surface area contributed by atoms with Gasteiger partial charge in [-0.05, 0) is 12.8 Å². The van der Waals surface area contributed by atoms with Gasteiger partial charge in [-0.3, -0.25) is 0 Å². The number of rotatable bonds is 4. The first-order chi connectivity index (χ1) is 10.4. The van der Waals surface area contributed by atoms with E-state index in [0.717, 1.165) is 25.7 Å². The zero-order valence-electron chi connectivity index (χ0n) is 13.6. The number of aromatic nitrogens is 2. The van der Waals surface area contributed by atoms with E-state index in [9.17, 15) is 9.90 Å². The molecule has 1 aromatic heterocycles. The van der Waals surface area contributed by atoms with Gasteiger partial charge in [0, 0.05) is 24.0 Å². The molecule has 0 radical (unpaired) electrons. The first-order valence-electron chi connectivity index (χ1n) is 7.88. The quantitative estimate of drug-likeness (QED) is 0.786. The molecule has 1 aliphatic carbocycles. The highest BCUT2D eigenvalue weighted by molar-refractivity contribution is 5.74. The van der Waals surface area contributed by atoms with Gasteiger partial charge in [0.15, 0.2) is 5.82 Å². The molecule has 7 nitrogen and oxygen atoms in total. The van der Waals surface area contributed by atoms with Crippen LogP contribution in [-0.4, -0.2) is 33.9 Å². The fourth-order valence-corrected chi connectivity index (χ4v) is 2.63. The molecule has 1 heterocycles. The van der Waals surface area contributed by atoms with Gasteiger partial charge >= 0.3 is 6.03 Å². The molecule has 2 rings (SSSR count). The lowest BCUT2D eigenvalue weighted by molar-refractivity contribution is 0.153. The zero-order chi connectivity index (χ0) is 16.2. The van der Waals surface area contributed by atoms with E-state index in [1.165, 1.54) is 0 Å². The molecule has 1 aromatic rings. The number of nitrogens with zero attached hydrogens (tertiary/aromatic N) is 2. The summed E-state index contributed by atoms with van der Waals surface area (Å²) in [5.74, 6) is 1.16. The summed E-state index contributed by atoms with van der Waals surface area (Å²) in [6.45, 7) is 6.31. The normalized spacial score (nSPS) is 22.4. The Kier molecular flexibility index (Phi) is 5.39. The molecule has 22 heavy (non-hydrogen) atoms. The van der Waals surface area contributed by atoms with Gasteiger partial charge in [-0.25, -0.2) is 4.79 Å². The predicted octanol–water partition coefficient (Wildman–Crippen LogP) is 1.72. The van der Waals surface area contributed by atoms with E-state index in [0.29, 0.717) is 11.7 Å². The van der Waals surface area contributed by atoms with Gasteiger partial charge in [0.25, 0.3) is 0 Å². The third-order valence-corrected chi connectivity index (χ3v) is 3.98. The second kappa shape index (κ2) is 7.09. The number of aliphatic hydroxyl groups excluding tert-OH is 1. The van der Waals surface area contributed by atoms with Gasteiger partial charge in [-0.1, -0.05) is 38.8 Å². The van der Waals surface area contributed by atoms with Crippen molar-refractivity contribution in [1.82, 2.24) is 20.8 Å². The van der Waals surface area contributed by atoms with Crippen molar-refractivity contribution in [2.24, 2.45) is 5.92 Å². The summed E-state index contributed by atoms with van der Waals surface area (Å²) < 4.78 is 5.18. The maximum atomic E-state index is 12.0. The molecule has 0 saturated heterocycles. The Morgan fingerprint density at radius 2 is 2.09 bits per heavy atom. The third kappa shape index (κ3) is 4.43. The van der Waals surface area contributed by atoms with Crippen LogP contribution in [0.25, 0.3) is 0 Å². The van der Waals surface area contributed by atoms with E-state index in [1.54, 1.807) is 0 Å². The fraction of sp³-hybridized carbons (Fsp3) is 0.800. The predicted molar refractivity (Wildman–Crippen MR) is 81.2 cm³/mol. The largest absolute Gasteiger partial charge is 0.396 e. The lowest BCUT2D eigenvalue weighted by Gasteiger charge is -2.30. The minimum atomic E-state index is -0.257. The molecule has 2 amide bonds. The van der Waals surface area contributed by atoms with Crippen LogP contribution in [0.2, 0.25) is 0 Å². The first kappa shape index (κ1) is 16.7. The Morgan fingerprint density at radius 3 is 2.73 bits per heavy atom. The van der Waals surface area contributed by atoms with Crippen molar-refractivity contribution in [3.8, 4) is 0 Å². The van der Waals surface area contributed by atoms with E-state index in [2.05, 4.69) is 20.8 Å². The van der Waals surface area contributed by atoms with Crippen molar-refractivity contribution in [2.75, 3.05) is 6.61 Å². The van der Waals surface area contributed by atoms with Crippen molar-refractivity contribution in [2.45, 2.75) is 64.5 Å². The van der Waals surface area contributed by atoms with Crippen molar-refractivity contribution in [1.29, 1.82) is 0 Å². The summed E-state index contributed by atoms with van der Waals surface area (Å²) >= 11 is 0. The smallest absolute Gasteiger partial charge is 0.315 e. The maximum Gasteiger partial charge on any atom is 0.315 e. The second-order valence-electron chi connectivity index (χ2n) is 6.93. The minimum absolute atomic E-state index is 0.0363. The number of nitrogens with one attached hydrogen (secondary N) is 2. The van der Waals surface area contributed by atoms with Gasteiger partial charge in [0.05, 0.1) is 6.54 Å². The molecule has 1 fully saturated rings. The van der Waals surface area contributed by atoms with Gasteiger partial charge < -0.3 is 20.3 Å². The fourth-order valence-electron chi connectivity index (χ4n) is 2.63. The van der Waals surface area contributed by atoms with Crippen LogP contribution in [-0.2, 0) is 12.0 Å². The Labute approximate surface area is 130 Å². The molecule has 7 heteroatoms. The van der Waals surface area contributed by atoms with Crippen molar-refractivity contribution < 1.29 is 14.4 Å². The van der Waals surface area contributed by atoms with Crippen LogP contribution >= 0.6 is 0 Å². The van der Waals surface area contributed by atoms with Gasteiger partial charge in [0.1, 0.15) is 0 Å². The molecule has 2 unspecified atom stereocenters. The number of carbonyl (C=O) groups excluding carboxylic acids is 1. The SMILES string of the molecule is CC(C)(C)c1nc(CNC(=O)NC2CCCCC2CO)no1. The molecule has 0 aromatic carbocycles. The average molecular weight is 310 g/mol. The monoisotopic (exact) mass is 310 g/mol. The summed E-state index contributed by atoms with van der Waals surface area (Å²) in [6.07, 6.45) is 4.07. The van der Waals surface area contributed by atoms with E-state index in [1.807, 2.05) is 20.8 Å². The Bertz CT molecular complexity index is 495. The first-order valence-corrected chi connectivity index (χ1v) is 7.88. The summed E-state index contributed by atoms with van der Waals surface area (Å²) in [4.78, 5) is 16.2. The van der Waals surface area contributed by atoms with Crippen molar-refractivity contribution in [3.05, 3.63) is 11.7 Å². The highest BCUT2D eigenvalue weighted by atomic mass is 16.5. The molecule has 1 aliphatic rings.